The third kappa shape index (κ3) is 5.43. The normalized spacial score (nSPS) is 11.0. The van der Waals surface area contributed by atoms with Crippen molar-refractivity contribution in [1.29, 1.82) is 5.26 Å². The second kappa shape index (κ2) is 10.1. The number of hydrogen-bond acceptors (Lipinski definition) is 10. The number of ether oxygens (including phenoxy) is 2. The number of carbonyl (C=O) groups is 2. The van der Waals surface area contributed by atoms with Crippen LogP contribution in [0.15, 0.2) is 45.7 Å². The minimum Gasteiger partial charge on any atom is -0.493 e. The zero-order valence-electron chi connectivity index (χ0n) is 16.0. The highest BCUT2D eigenvalue weighted by atomic mass is 35.5. The van der Waals surface area contributed by atoms with Crippen molar-refractivity contribution in [2.75, 3.05) is 18.7 Å². The summed E-state index contributed by atoms with van der Waals surface area (Å²) in [4.78, 5) is 28.7. The Labute approximate surface area is 189 Å². The van der Waals surface area contributed by atoms with Gasteiger partial charge in [-0.2, -0.15) is 14.6 Å². The lowest BCUT2D eigenvalue weighted by Gasteiger charge is -2.11. The van der Waals surface area contributed by atoms with Gasteiger partial charge in [0.15, 0.2) is 11.5 Å². The van der Waals surface area contributed by atoms with Crippen molar-refractivity contribution in [2.45, 2.75) is 5.16 Å². The van der Waals surface area contributed by atoms with E-state index in [2.05, 4.69) is 14.7 Å². The molecule has 3 rings (SSSR count). The van der Waals surface area contributed by atoms with Crippen molar-refractivity contribution in [3.63, 3.8) is 0 Å². The lowest BCUT2D eigenvalue weighted by Crippen LogP contribution is -2.13. The van der Waals surface area contributed by atoms with Gasteiger partial charge in [-0.05, 0) is 42.2 Å². The number of amides is 1. The molecule has 0 atom stereocenters. The quantitative estimate of drug-likeness (QED) is 0.175. The molecule has 0 saturated carbocycles. The molecule has 1 N–H and O–H groups in total. The van der Waals surface area contributed by atoms with Gasteiger partial charge in [0.25, 0.3) is 5.91 Å². The summed E-state index contributed by atoms with van der Waals surface area (Å²) < 4.78 is 19.5. The van der Waals surface area contributed by atoms with Crippen molar-refractivity contribution < 1.29 is 23.5 Å². The van der Waals surface area contributed by atoms with Crippen LogP contribution in [0.4, 0.5) is 5.13 Å². The lowest BCUT2D eigenvalue weighted by atomic mass is 10.1. The Morgan fingerprint density at radius 2 is 2.23 bits per heavy atom. The van der Waals surface area contributed by atoms with E-state index in [0.717, 1.165) is 11.5 Å². The molecule has 0 aliphatic carbocycles. The number of thioether (sulfide) groups is 1. The Morgan fingerprint density at radius 3 is 2.84 bits per heavy atom. The Morgan fingerprint density at radius 1 is 1.42 bits per heavy atom. The molecule has 0 aliphatic heterocycles. The minimum atomic E-state index is -0.757. The molecule has 2 aromatic heterocycles. The van der Waals surface area contributed by atoms with Gasteiger partial charge >= 0.3 is 5.97 Å². The van der Waals surface area contributed by atoms with Gasteiger partial charge in [0.1, 0.15) is 11.6 Å². The van der Waals surface area contributed by atoms with Crippen LogP contribution in [-0.4, -0.2) is 34.6 Å². The zero-order valence-corrected chi connectivity index (χ0v) is 18.4. The van der Waals surface area contributed by atoms with Gasteiger partial charge in [0.05, 0.1) is 18.4 Å². The summed E-state index contributed by atoms with van der Waals surface area (Å²) in [5.74, 6) is -1.32. The van der Waals surface area contributed by atoms with Gasteiger partial charge in [0, 0.05) is 11.5 Å². The van der Waals surface area contributed by atoms with Crippen LogP contribution in [0, 0.1) is 11.3 Å². The molecule has 0 spiro atoms. The SMILES string of the molecule is COc1cc(C=C(C#N)C(=O)Nc2nc(SC)ns2)cc(Cl)c1OC(=O)c1ccco1. The van der Waals surface area contributed by atoms with E-state index in [4.69, 9.17) is 25.5 Å². The molecule has 2 heterocycles. The van der Waals surface area contributed by atoms with Crippen molar-refractivity contribution >= 4 is 58.0 Å². The summed E-state index contributed by atoms with van der Waals surface area (Å²) >= 11 is 8.59. The van der Waals surface area contributed by atoms with Gasteiger partial charge in [-0.1, -0.05) is 23.4 Å². The number of methoxy groups -OCH3 is 1. The summed E-state index contributed by atoms with van der Waals surface area (Å²) in [7, 11) is 1.36. The topological polar surface area (TPSA) is 127 Å². The standard InChI is InChI=1S/C19H13ClN4O5S2/c1-27-14-8-10(7-12(20)15(14)29-17(26)13-4-3-5-28-13)6-11(9-21)16(25)22-18-23-19(30-2)24-31-18/h3-8H,1-2H3,(H,22,23,24,25). The molecule has 31 heavy (non-hydrogen) atoms. The van der Waals surface area contributed by atoms with E-state index in [1.165, 1.54) is 49.4 Å². The molecule has 0 unspecified atom stereocenters. The zero-order chi connectivity index (χ0) is 22.4. The van der Waals surface area contributed by atoms with Crippen LogP contribution in [-0.2, 0) is 4.79 Å². The minimum absolute atomic E-state index is 0.00756. The first-order chi connectivity index (χ1) is 14.9. The van der Waals surface area contributed by atoms with Crippen LogP contribution < -0.4 is 14.8 Å². The monoisotopic (exact) mass is 476 g/mol. The van der Waals surface area contributed by atoms with E-state index < -0.39 is 11.9 Å². The molecule has 9 nitrogen and oxygen atoms in total. The highest BCUT2D eigenvalue weighted by molar-refractivity contribution is 7.98. The molecule has 3 aromatic rings. The van der Waals surface area contributed by atoms with E-state index in [-0.39, 0.29) is 33.0 Å². The molecule has 0 fully saturated rings. The van der Waals surface area contributed by atoms with Gasteiger partial charge in [0.2, 0.25) is 16.0 Å². The highest BCUT2D eigenvalue weighted by Gasteiger charge is 2.19. The number of carbonyl (C=O) groups excluding carboxylic acids is 2. The first kappa shape index (κ1) is 22.4. The summed E-state index contributed by atoms with van der Waals surface area (Å²) in [5, 5.41) is 12.7. The van der Waals surface area contributed by atoms with Crippen LogP contribution in [0.3, 0.4) is 0 Å². The van der Waals surface area contributed by atoms with E-state index in [1.54, 1.807) is 12.3 Å². The molecule has 1 amide bonds. The first-order valence-corrected chi connectivity index (χ1v) is 10.8. The van der Waals surface area contributed by atoms with Crippen LogP contribution >= 0.6 is 34.9 Å². The van der Waals surface area contributed by atoms with Gasteiger partial charge in [-0.15, -0.1) is 0 Å². The molecule has 1 aromatic carbocycles. The lowest BCUT2D eigenvalue weighted by molar-refractivity contribution is -0.112. The first-order valence-electron chi connectivity index (χ1n) is 8.39. The maximum absolute atomic E-state index is 12.4. The maximum atomic E-state index is 12.4. The average molecular weight is 477 g/mol. The third-order valence-electron chi connectivity index (χ3n) is 3.66. The van der Waals surface area contributed by atoms with Crippen LogP contribution in [0.25, 0.3) is 6.08 Å². The third-order valence-corrected chi connectivity index (χ3v) is 5.23. The van der Waals surface area contributed by atoms with E-state index in [1.807, 2.05) is 6.07 Å². The fourth-order valence-electron chi connectivity index (χ4n) is 2.28. The fourth-order valence-corrected chi connectivity index (χ4v) is 3.66. The molecule has 0 aliphatic rings. The largest absolute Gasteiger partial charge is 0.493 e. The summed E-state index contributed by atoms with van der Waals surface area (Å²) in [6, 6.07) is 7.71. The van der Waals surface area contributed by atoms with Gasteiger partial charge < -0.3 is 13.9 Å². The number of nitriles is 1. The van der Waals surface area contributed by atoms with E-state index in [9.17, 15) is 14.9 Å². The Bertz CT molecular complexity index is 1180. The smallest absolute Gasteiger partial charge is 0.379 e. The second-order valence-corrected chi connectivity index (χ2v) is 7.54. The Kier molecular flexibility index (Phi) is 7.30. The van der Waals surface area contributed by atoms with Crippen molar-refractivity contribution in [2.24, 2.45) is 0 Å². The number of rotatable bonds is 7. The number of aromatic nitrogens is 2. The number of esters is 1. The molecule has 0 saturated heterocycles. The number of furan rings is 1. The maximum Gasteiger partial charge on any atom is 0.379 e. The average Bonchev–Trinajstić information content (AvgIpc) is 3.45. The number of benzene rings is 1. The van der Waals surface area contributed by atoms with Crippen LogP contribution in [0.5, 0.6) is 11.5 Å². The molecule has 158 valence electrons. The summed E-state index contributed by atoms with van der Waals surface area (Å²) in [5.41, 5.74) is 0.188. The predicted molar refractivity (Wildman–Crippen MR) is 116 cm³/mol. The Hall–Kier alpha value is -3.33. The predicted octanol–water partition coefficient (Wildman–Crippen LogP) is 4.28. The molecule has 12 heteroatoms. The van der Waals surface area contributed by atoms with E-state index in [0.29, 0.717) is 10.7 Å². The number of nitrogens with zero attached hydrogens (tertiary/aromatic N) is 3. The summed E-state index contributed by atoms with van der Waals surface area (Å²) in [6.45, 7) is 0. The number of anilines is 1. The van der Waals surface area contributed by atoms with Crippen molar-refractivity contribution in [1.82, 2.24) is 9.36 Å². The number of hydrogen-bond donors (Lipinski definition) is 1. The molecule has 0 bridgehead atoms. The second-order valence-electron chi connectivity index (χ2n) is 5.61. The van der Waals surface area contributed by atoms with Crippen LogP contribution in [0.2, 0.25) is 5.02 Å². The Balaban J connectivity index is 1.84. The molecular weight excluding hydrogens is 464 g/mol. The van der Waals surface area contributed by atoms with Crippen LogP contribution in [0.1, 0.15) is 16.1 Å². The van der Waals surface area contributed by atoms with E-state index >= 15 is 0 Å². The van der Waals surface area contributed by atoms with Gasteiger partial charge in [-0.3, -0.25) is 10.1 Å². The molecular formula is C19H13ClN4O5S2. The van der Waals surface area contributed by atoms with Gasteiger partial charge in [-0.25, -0.2) is 4.79 Å². The fraction of sp³-hybridized carbons (Fsp3) is 0.105. The summed E-state index contributed by atoms with van der Waals surface area (Å²) in [6.07, 6.45) is 4.46. The highest BCUT2D eigenvalue weighted by Crippen LogP contribution is 2.37. The number of halogens is 1. The van der Waals surface area contributed by atoms with Crippen molar-refractivity contribution in [3.8, 4) is 17.6 Å². The molecule has 0 radical (unpaired) electrons. The van der Waals surface area contributed by atoms with Crippen molar-refractivity contribution in [3.05, 3.63) is 52.4 Å². The number of nitrogens with one attached hydrogen (secondary N) is 1.